The van der Waals surface area contributed by atoms with Gasteiger partial charge >= 0.3 is 0 Å². The zero-order valence-corrected chi connectivity index (χ0v) is 32.5. The summed E-state index contributed by atoms with van der Waals surface area (Å²) < 4.78 is 6.49. The molecule has 4 heterocycles. The molecule has 7 rings (SSSR count). The summed E-state index contributed by atoms with van der Waals surface area (Å²) in [6.07, 6.45) is 9.66. The van der Waals surface area contributed by atoms with Crippen molar-refractivity contribution >= 4 is 22.1 Å². The number of hydrogen-bond acceptors (Lipinski definition) is 3. The van der Waals surface area contributed by atoms with E-state index in [-0.39, 0.29) is 22.0 Å². The van der Waals surface area contributed by atoms with Gasteiger partial charge in [-0.15, -0.1) is 0 Å². The molecular formula is C46H51N5O. The summed E-state index contributed by atoms with van der Waals surface area (Å²) in [5.74, 6) is 0.277. The standard InChI is InChI=1S/C46H51N5O/c1-43(2,3)31-26-35(45(7,8)9)42(52)40(27-31)49-29-51(38-20-15-14-19-37(38)49)46(10,11)50-28-33(41-39(50)21-16-23-48-41)36-25-30(22-24-47-36)32-17-12-13-18-34(32)44(4,5)6/h12-28,52H,1-11H3. The van der Waals surface area contributed by atoms with Crippen LogP contribution < -0.4 is 4.57 Å². The highest BCUT2D eigenvalue weighted by Gasteiger charge is 2.33. The number of benzene rings is 3. The van der Waals surface area contributed by atoms with E-state index in [1.807, 2.05) is 29.1 Å². The van der Waals surface area contributed by atoms with E-state index in [0.717, 1.165) is 55.7 Å². The van der Waals surface area contributed by atoms with Crippen LogP contribution in [0.4, 0.5) is 0 Å². The van der Waals surface area contributed by atoms with Crippen LogP contribution in [0, 0.1) is 6.33 Å². The maximum Gasteiger partial charge on any atom is 0.246 e. The molecule has 3 aromatic carbocycles. The predicted molar refractivity (Wildman–Crippen MR) is 213 cm³/mol. The van der Waals surface area contributed by atoms with Crippen molar-refractivity contribution in [1.82, 2.24) is 19.1 Å². The molecule has 0 radical (unpaired) electrons. The summed E-state index contributed by atoms with van der Waals surface area (Å²) in [6.45, 7) is 24.3. The van der Waals surface area contributed by atoms with E-state index < -0.39 is 5.66 Å². The second-order valence-electron chi connectivity index (χ2n) is 17.7. The van der Waals surface area contributed by atoms with Gasteiger partial charge in [-0.3, -0.25) is 14.5 Å². The Morgan fingerprint density at radius 2 is 1.31 bits per heavy atom. The smallest absolute Gasteiger partial charge is 0.246 e. The number of rotatable bonds is 5. The molecule has 0 amide bonds. The first-order valence-electron chi connectivity index (χ1n) is 18.2. The Kier molecular flexibility index (Phi) is 8.24. The molecule has 7 aromatic rings. The fourth-order valence-electron chi connectivity index (χ4n) is 7.39. The molecule has 0 aliphatic rings. The van der Waals surface area contributed by atoms with Crippen LogP contribution in [0.5, 0.6) is 5.75 Å². The van der Waals surface area contributed by atoms with Crippen molar-refractivity contribution < 1.29 is 9.67 Å². The van der Waals surface area contributed by atoms with Gasteiger partial charge in [-0.25, -0.2) is 0 Å². The van der Waals surface area contributed by atoms with Gasteiger partial charge in [0.05, 0.1) is 33.4 Å². The van der Waals surface area contributed by atoms with E-state index in [2.05, 4.69) is 171 Å². The Morgan fingerprint density at radius 1 is 0.635 bits per heavy atom. The van der Waals surface area contributed by atoms with Crippen molar-refractivity contribution in [2.45, 2.75) is 98.1 Å². The van der Waals surface area contributed by atoms with Crippen molar-refractivity contribution in [3.8, 4) is 33.8 Å². The first-order valence-corrected chi connectivity index (χ1v) is 18.2. The van der Waals surface area contributed by atoms with E-state index in [4.69, 9.17) is 9.97 Å². The van der Waals surface area contributed by atoms with Crippen molar-refractivity contribution in [3.63, 3.8) is 0 Å². The van der Waals surface area contributed by atoms with Crippen LogP contribution in [-0.4, -0.2) is 24.2 Å². The number of hydrogen-bond donors (Lipinski definition) is 1. The first-order chi connectivity index (χ1) is 24.4. The third kappa shape index (κ3) is 5.98. The fourth-order valence-corrected chi connectivity index (χ4v) is 7.39. The monoisotopic (exact) mass is 689 g/mol. The molecule has 0 bridgehead atoms. The highest BCUT2D eigenvalue weighted by molar-refractivity contribution is 5.93. The number of phenolic OH excluding ortho intramolecular Hbond substituents is 1. The average Bonchev–Trinajstić information content (AvgIpc) is 3.68. The fraction of sp³-hybridized carbons (Fsp3) is 0.326. The average molecular weight is 690 g/mol. The van der Waals surface area contributed by atoms with Crippen molar-refractivity contribution in [3.05, 3.63) is 127 Å². The topological polar surface area (TPSA) is 59.8 Å². The van der Waals surface area contributed by atoms with E-state index in [9.17, 15) is 5.11 Å². The molecule has 0 aliphatic carbocycles. The van der Waals surface area contributed by atoms with Gasteiger partial charge in [-0.05, 0) is 82.2 Å². The summed E-state index contributed by atoms with van der Waals surface area (Å²) >= 11 is 0. The van der Waals surface area contributed by atoms with E-state index in [1.165, 1.54) is 11.1 Å². The molecule has 0 saturated carbocycles. The number of phenols is 1. The van der Waals surface area contributed by atoms with Gasteiger partial charge in [0.1, 0.15) is 5.75 Å². The van der Waals surface area contributed by atoms with Crippen molar-refractivity contribution in [2.75, 3.05) is 0 Å². The van der Waals surface area contributed by atoms with Gasteiger partial charge in [-0.1, -0.05) is 123 Å². The van der Waals surface area contributed by atoms with Crippen LogP contribution in [0.15, 0.2) is 104 Å². The highest BCUT2D eigenvalue weighted by atomic mass is 16.3. The molecule has 4 aromatic heterocycles. The molecule has 0 unspecified atom stereocenters. The number of aromatic hydroxyl groups is 1. The molecule has 1 N–H and O–H groups in total. The van der Waals surface area contributed by atoms with Gasteiger partial charge in [0.15, 0.2) is 5.66 Å². The summed E-state index contributed by atoms with van der Waals surface area (Å²) in [6, 6.07) is 29.7. The zero-order chi connectivity index (χ0) is 37.4. The highest BCUT2D eigenvalue weighted by Crippen LogP contribution is 2.41. The van der Waals surface area contributed by atoms with E-state index in [1.54, 1.807) is 0 Å². The Bertz CT molecular complexity index is 2460. The molecule has 266 valence electrons. The van der Waals surface area contributed by atoms with Gasteiger partial charge in [0.2, 0.25) is 6.33 Å². The first kappa shape index (κ1) is 35.2. The van der Waals surface area contributed by atoms with Crippen molar-refractivity contribution in [1.29, 1.82) is 0 Å². The molecular weight excluding hydrogens is 639 g/mol. The summed E-state index contributed by atoms with van der Waals surface area (Å²) in [5, 5.41) is 11.9. The zero-order valence-electron chi connectivity index (χ0n) is 32.5. The Labute approximate surface area is 308 Å². The summed E-state index contributed by atoms with van der Waals surface area (Å²) in [5.41, 5.74) is 11.1. The van der Waals surface area contributed by atoms with Gasteiger partial charge in [-0.2, -0.15) is 0 Å². The Balaban J connectivity index is 1.42. The number of fused-ring (bicyclic) bond motifs is 2. The molecule has 52 heavy (non-hydrogen) atoms. The number of para-hydroxylation sites is 2. The van der Waals surface area contributed by atoms with Gasteiger partial charge < -0.3 is 14.2 Å². The third-order valence-corrected chi connectivity index (χ3v) is 10.3. The van der Waals surface area contributed by atoms with Crippen LogP contribution in [-0.2, 0) is 21.9 Å². The number of aromatic nitrogens is 5. The maximum atomic E-state index is 11.9. The number of pyridine rings is 2. The van der Waals surface area contributed by atoms with E-state index >= 15 is 0 Å². The van der Waals surface area contributed by atoms with E-state index in [0.29, 0.717) is 0 Å². The molecule has 0 atom stereocenters. The normalized spacial score (nSPS) is 13.0. The second-order valence-corrected chi connectivity index (χ2v) is 17.7. The van der Waals surface area contributed by atoms with Crippen molar-refractivity contribution in [2.24, 2.45) is 0 Å². The lowest BCUT2D eigenvalue weighted by Crippen LogP contribution is -2.56. The lowest BCUT2D eigenvalue weighted by molar-refractivity contribution is -0.744. The number of imidazole rings is 1. The number of nitrogens with zero attached hydrogens (tertiary/aromatic N) is 5. The lowest BCUT2D eigenvalue weighted by Gasteiger charge is -2.28. The lowest BCUT2D eigenvalue weighted by atomic mass is 9.79. The van der Waals surface area contributed by atoms with Crippen LogP contribution in [0.1, 0.15) is 92.9 Å². The summed E-state index contributed by atoms with van der Waals surface area (Å²) in [4.78, 5) is 9.82. The summed E-state index contributed by atoms with van der Waals surface area (Å²) in [7, 11) is 0. The van der Waals surface area contributed by atoms with Gasteiger partial charge in [0.25, 0.3) is 0 Å². The van der Waals surface area contributed by atoms with Crippen LogP contribution in [0.3, 0.4) is 0 Å². The Morgan fingerprint density at radius 3 is 2.02 bits per heavy atom. The molecule has 0 spiro atoms. The minimum absolute atomic E-state index is 0.00625. The Hall–Kier alpha value is -5.23. The maximum absolute atomic E-state index is 11.9. The SMILES string of the molecule is CC(C)(C)c1cc(-n2[c-][n+](C(C)(C)n3cc(-c4cc(-c5ccccc5C(C)(C)C)ccn4)c4ncccc43)c3ccccc32)c(O)c(C(C)(C)C)c1. The molecule has 6 nitrogen and oxygen atoms in total. The van der Waals surface area contributed by atoms with Gasteiger partial charge in [0, 0.05) is 24.2 Å². The molecule has 0 saturated heterocycles. The van der Waals surface area contributed by atoms with Crippen LogP contribution in [0.2, 0.25) is 0 Å². The minimum atomic E-state index is -0.648. The van der Waals surface area contributed by atoms with Crippen LogP contribution in [0.25, 0.3) is 50.1 Å². The molecule has 6 heteroatoms. The second kappa shape index (κ2) is 12.2. The largest absolute Gasteiger partial charge is 0.513 e. The quantitative estimate of drug-likeness (QED) is 0.145. The molecule has 0 fully saturated rings. The molecule has 0 aliphatic heterocycles. The minimum Gasteiger partial charge on any atom is -0.513 e. The third-order valence-electron chi connectivity index (χ3n) is 10.3. The van der Waals surface area contributed by atoms with Crippen LogP contribution >= 0.6 is 0 Å². The predicted octanol–water partition coefficient (Wildman–Crippen LogP) is 10.6.